The molecule has 0 fully saturated rings. The summed E-state index contributed by atoms with van der Waals surface area (Å²) >= 11 is 0. The number of rotatable bonds is 7. The first-order chi connectivity index (χ1) is 14.5. The summed E-state index contributed by atoms with van der Waals surface area (Å²) in [6.07, 6.45) is 0.742. The highest BCUT2D eigenvalue weighted by Gasteiger charge is 2.32. The maximum Gasteiger partial charge on any atom is 0.307 e. The number of fused-ring (bicyclic) bond motifs is 1. The number of hydrogen-bond donors (Lipinski definition) is 1. The van der Waals surface area contributed by atoms with E-state index in [1.54, 1.807) is 26.4 Å². The molecule has 8 heteroatoms. The Hall–Kier alpha value is -3.13. The number of esters is 1. The summed E-state index contributed by atoms with van der Waals surface area (Å²) < 4.78 is 29.5. The fourth-order valence-electron chi connectivity index (χ4n) is 3.69. The van der Waals surface area contributed by atoms with Gasteiger partial charge >= 0.3 is 5.97 Å². The predicted octanol–water partition coefficient (Wildman–Crippen LogP) is 2.94. The molecule has 0 aliphatic carbocycles. The molecule has 1 heterocycles. The first-order valence-electron chi connectivity index (χ1n) is 9.56. The number of nitrogens with zero attached hydrogens (tertiary/aromatic N) is 1. The van der Waals surface area contributed by atoms with E-state index in [4.69, 9.17) is 14.2 Å². The Balaban J connectivity index is 1.86. The van der Waals surface area contributed by atoms with Gasteiger partial charge in [-0.05, 0) is 41.8 Å². The highest BCUT2D eigenvalue weighted by Crippen LogP contribution is 2.39. The van der Waals surface area contributed by atoms with E-state index < -0.39 is 5.82 Å². The molecule has 30 heavy (non-hydrogen) atoms. The number of amides is 1. The first kappa shape index (κ1) is 21.6. The predicted molar refractivity (Wildman–Crippen MR) is 109 cm³/mol. The molecule has 0 bridgehead atoms. The quantitative estimate of drug-likeness (QED) is 0.700. The minimum absolute atomic E-state index is 0.00375. The molecule has 0 saturated heterocycles. The monoisotopic (exact) mass is 416 g/mol. The molecule has 0 spiro atoms. The summed E-state index contributed by atoms with van der Waals surface area (Å²) in [4.78, 5) is 26.6. The molecule has 1 N–H and O–H groups in total. The van der Waals surface area contributed by atoms with Gasteiger partial charge in [-0.15, -0.1) is 0 Å². The molecule has 1 aliphatic heterocycles. The average Bonchev–Trinajstić information content (AvgIpc) is 2.75. The van der Waals surface area contributed by atoms with Crippen LogP contribution in [0, 0.1) is 5.82 Å². The van der Waals surface area contributed by atoms with Crippen LogP contribution in [0.2, 0.25) is 0 Å². The highest BCUT2D eigenvalue weighted by atomic mass is 19.1. The molecule has 3 rings (SSSR count). The lowest BCUT2D eigenvalue weighted by molar-refractivity contribution is -0.142. The zero-order valence-corrected chi connectivity index (χ0v) is 17.2. The van der Waals surface area contributed by atoms with E-state index in [1.165, 1.54) is 19.2 Å². The van der Waals surface area contributed by atoms with Gasteiger partial charge in [-0.1, -0.05) is 12.1 Å². The molecule has 0 unspecified atom stereocenters. The SMILES string of the molecule is COC(=O)C[C@@H]1c2cc(OC)c(OC)cc2CCN1CC(=O)Nc1ccccc1F. The molecule has 1 atom stereocenters. The summed E-state index contributed by atoms with van der Waals surface area (Å²) in [6.45, 7) is 0.554. The molecule has 0 aromatic heterocycles. The number of ether oxygens (including phenoxy) is 3. The maximum atomic E-state index is 13.9. The Morgan fingerprint density at radius 2 is 1.83 bits per heavy atom. The number of carbonyl (C=O) groups excluding carboxylic acids is 2. The normalized spacial score (nSPS) is 15.8. The van der Waals surface area contributed by atoms with Crippen LogP contribution in [0.15, 0.2) is 36.4 Å². The number of hydrogen-bond acceptors (Lipinski definition) is 6. The van der Waals surface area contributed by atoms with Crippen LogP contribution >= 0.6 is 0 Å². The van der Waals surface area contributed by atoms with E-state index in [2.05, 4.69) is 5.32 Å². The number of nitrogens with one attached hydrogen (secondary N) is 1. The van der Waals surface area contributed by atoms with Crippen LogP contribution in [-0.4, -0.2) is 51.2 Å². The number of methoxy groups -OCH3 is 3. The lowest BCUT2D eigenvalue weighted by Gasteiger charge is -2.36. The Morgan fingerprint density at radius 1 is 1.13 bits per heavy atom. The van der Waals surface area contributed by atoms with Crippen molar-refractivity contribution in [3.05, 3.63) is 53.3 Å². The number of anilines is 1. The van der Waals surface area contributed by atoms with Crippen molar-refractivity contribution in [2.45, 2.75) is 18.9 Å². The molecule has 2 aromatic rings. The van der Waals surface area contributed by atoms with Crippen LogP contribution in [0.1, 0.15) is 23.6 Å². The second-order valence-corrected chi connectivity index (χ2v) is 6.95. The molecule has 160 valence electrons. The minimum Gasteiger partial charge on any atom is -0.493 e. The zero-order valence-electron chi connectivity index (χ0n) is 17.2. The molecule has 2 aromatic carbocycles. The van der Waals surface area contributed by atoms with Crippen molar-refractivity contribution in [3.8, 4) is 11.5 Å². The van der Waals surface area contributed by atoms with Gasteiger partial charge < -0.3 is 19.5 Å². The van der Waals surface area contributed by atoms with Gasteiger partial charge in [-0.2, -0.15) is 0 Å². The van der Waals surface area contributed by atoms with Gasteiger partial charge in [0, 0.05) is 12.6 Å². The highest BCUT2D eigenvalue weighted by molar-refractivity contribution is 5.92. The number of para-hydroxylation sites is 1. The van der Waals surface area contributed by atoms with E-state index in [0.29, 0.717) is 24.5 Å². The third kappa shape index (κ3) is 4.71. The summed E-state index contributed by atoms with van der Waals surface area (Å²) in [5.74, 6) is -0.0959. The van der Waals surface area contributed by atoms with Crippen molar-refractivity contribution in [1.82, 2.24) is 4.90 Å². The fraction of sp³-hybridized carbons (Fsp3) is 0.364. The standard InChI is InChI=1S/C22H25FN2O5/c1-28-19-10-14-8-9-25(13-21(26)24-17-7-5-4-6-16(17)23)18(12-22(27)30-3)15(14)11-20(19)29-2/h4-7,10-11,18H,8-9,12-13H2,1-3H3,(H,24,26)/t18-/m1/s1. The van der Waals surface area contributed by atoms with Gasteiger partial charge in [0.25, 0.3) is 0 Å². The van der Waals surface area contributed by atoms with Gasteiger partial charge in [0.2, 0.25) is 5.91 Å². The summed E-state index contributed by atoms with van der Waals surface area (Å²) in [5.41, 5.74) is 2.02. The van der Waals surface area contributed by atoms with Gasteiger partial charge in [0.15, 0.2) is 11.5 Å². The molecule has 0 saturated carbocycles. The third-order valence-electron chi connectivity index (χ3n) is 5.20. The van der Waals surface area contributed by atoms with Gasteiger partial charge in [-0.3, -0.25) is 14.5 Å². The molecule has 7 nitrogen and oxygen atoms in total. The van der Waals surface area contributed by atoms with Crippen LogP contribution in [0.25, 0.3) is 0 Å². The first-order valence-corrected chi connectivity index (χ1v) is 9.56. The molecule has 1 amide bonds. The van der Waals surface area contributed by atoms with Crippen molar-refractivity contribution in [2.75, 3.05) is 39.7 Å². The van der Waals surface area contributed by atoms with E-state index >= 15 is 0 Å². The molecular formula is C22H25FN2O5. The molecular weight excluding hydrogens is 391 g/mol. The Labute approximate surface area is 174 Å². The second kappa shape index (κ2) is 9.58. The fourth-order valence-corrected chi connectivity index (χ4v) is 3.69. The topological polar surface area (TPSA) is 77.1 Å². The largest absolute Gasteiger partial charge is 0.493 e. The smallest absolute Gasteiger partial charge is 0.307 e. The second-order valence-electron chi connectivity index (χ2n) is 6.95. The summed E-state index contributed by atoms with van der Waals surface area (Å²) in [7, 11) is 4.44. The van der Waals surface area contributed by atoms with Crippen molar-refractivity contribution >= 4 is 17.6 Å². The van der Waals surface area contributed by atoms with Crippen molar-refractivity contribution in [2.24, 2.45) is 0 Å². The van der Waals surface area contributed by atoms with Crippen molar-refractivity contribution in [3.63, 3.8) is 0 Å². The van der Waals surface area contributed by atoms with E-state index in [-0.39, 0.29) is 36.6 Å². The molecule has 0 radical (unpaired) electrons. The maximum absolute atomic E-state index is 13.9. The van der Waals surface area contributed by atoms with Crippen LogP contribution in [-0.2, 0) is 20.7 Å². The lowest BCUT2D eigenvalue weighted by atomic mass is 9.90. The van der Waals surface area contributed by atoms with Crippen molar-refractivity contribution in [1.29, 1.82) is 0 Å². The van der Waals surface area contributed by atoms with E-state index in [9.17, 15) is 14.0 Å². The number of carbonyl (C=O) groups is 2. The lowest BCUT2D eigenvalue weighted by Crippen LogP contribution is -2.41. The Bertz CT molecular complexity index is 934. The van der Waals surface area contributed by atoms with E-state index in [0.717, 1.165) is 11.1 Å². The summed E-state index contributed by atoms with van der Waals surface area (Å²) in [5, 5.41) is 2.59. The van der Waals surface area contributed by atoms with E-state index in [1.807, 2.05) is 17.0 Å². The minimum atomic E-state index is -0.502. The van der Waals surface area contributed by atoms with Crippen molar-refractivity contribution < 1.29 is 28.2 Å². The van der Waals surface area contributed by atoms with Crippen LogP contribution in [0.4, 0.5) is 10.1 Å². The third-order valence-corrected chi connectivity index (χ3v) is 5.20. The Morgan fingerprint density at radius 3 is 2.50 bits per heavy atom. The van der Waals surface area contributed by atoms with Gasteiger partial charge in [0.05, 0.1) is 40.0 Å². The Kier molecular flexibility index (Phi) is 6.89. The van der Waals surface area contributed by atoms with Crippen LogP contribution in [0.5, 0.6) is 11.5 Å². The zero-order chi connectivity index (χ0) is 21.7. The summed E-state index contributed by atoms with van der Waals surface area (Å²) in [6, 6.07) is 9.34. The van der Waals surface area contributed by atoms with Gasteiger partial charge in [0.1, 0.15) is 5.82 Å². The van der Waals surface area contributed by atoms with Crippen LogP contribution in [0.3, 0.4) is 0 Å². The van der Waals surface area contributed by atoms with Crippen LogP contribution < -0.4 is 14.8 Å². The van der Waals surface area contributed by atoms with Gasteiger partial charge in [-0.25, -0.2) is 4.39 Å². The molecule has 1 aliphatic rings. The average molecular weight is 416 g/mol. The number of halogens is 1. The number of benzene rings is 2.